The van der Waals surface area contributed by atoms with Crippen LogP contribution in [0, 0.1) is 0 Å². The molecule has 0 aliphatic rings. The molecular weight excluding hydrogens is 226 g/mol. The van der Waals surface area contributed by atoms with Crippen molar-refractivity contribution >= 4 is 5.91 Å². The molecule has 0 aliphatic carbocycles. The number of amides is 1. The molecule has 4 heteroatoms. The van der Waals surface area contributed by atoms with Crippen LogP contribution in [0.5, 0.6) is 0 Å². The average molecular weight is 257 g/mol. The van der Waals surface area contributed by atoms with E-state index in [1.807, 2.05) is 6.92 Å². The van der Waals surface area contributed by atoms with Gasteiger partial charge in [-0.1, -0.05) is 26.7 Å². The summed E-state index contributed by atoms with van der Waals surface area (Å²) < 4.78 is 0. The second-order valence-electron chi connectivity index (χ2n) is 5.05. The summed E-state index contributed by atoms with van der Waals surface area (Å²) in [6, 6.07) is 0.176. The SMILES string of the molecule is CCCCN(CCN)C(C)C(=O)NC(C)CCC. The molecule has 0 radical (unpaired) electrons. The Balaban J connectivity index is 4.26. The Morgan fingerprint density at radius 3 is 2.39 bits per heavy atom. The van der Waals surface area contributed by atoms with Gasteiger partial charge in [-0.15, -0.1) is 0 Å². The summed E-state index contributed by atoms with van der Waals surface area (Å²) in [5.41, 5.74) is 5.61. The molecule has 1 amide bonds. The second-order valence-corrected chi connectivity index (χ2v) is 5.05. The van der Waals surface area contributed by atoms with Crippen molar-refractivity contribution in [1.82, 2.24) is 10.2 Å². The number of hydrogen-bond donors (Lipinski definition) is 2. The first kappa shape index (κ1) is 17.4. The summed E-state index contributed by atoms with van der Waals surface area (Å²) in [5, 5.41) is 3.07. The zero-order chi connectivity index (χ0) is 14.0. The third-order valence-corrected chi connectivity index (χ3v) is 3.25. The molecule has 0 aromatic carbocycles. The van der Waals surface area contributed by atoms with Gasteiger partial charge in [-0.2, -0.15) is 0 Å². The molecule has 108 valence electrons. The van der Waals surface area contributed by atoms with Gasteiger partial charge in [0.05, 0.1) is 6.04 Å². The minimum Gasteiger partial charge on any atom is -0.352 e. The van der Waals surface area contributed by atoms with Crippen molar-refractivity contribution < 1.29 is 4.79 Å². The number of carbonyl (C=O) groups excluding carboxylic acids is 1. The van der Waals surface area contributed by atoms with Gasteiger partial charge < -0.3 is 11.1 Å². The van der Waals surface area contributed by atoms with Crippen LogP contribution in [-0.2, 0) is 4.79 Å². The molecule has 0 fully saturated rings. The molecule has 3 N–H and O–H groups in total. The van der Waals surface area contributed by atoms with Crippen LogP contribution in [0.1, 0.15) is 53.4 Å². The lowest BCUT2D eigenvalue weighted by molar-refractivity contribution is -0.126. The number of carbonyl (C=O) groups is 1. The Kier molecular flexibility index (Phi) is 9.98. The van der Waals surface area contributed by atoms with Crippen molar-refractivity contribution in [2.75, 3.05) is 19.6 Å². The summed E-state index contributed by atoms with van der Waals surface area (Å²) >= 11 is 0. The third kappa shape index (κ3) is 6.97. The topological polar surface area (TPSA) is 58.4 Å². The van der Waals surface area contributed by atoms with Crippen molar-refractivity contribution in [3.05, 3.63) is 0 Å². The van der Waals surface area contributed by atoms with Crippen molar-refractivity contribution in [3.8, 4) is 0 Å². The summed E-state index contributed by atoms with van der Waals surface area (Å²) in [4.78, 5) is 14.3. The van der Waals surface area contributed by atoms with E-state index in [1.54, 1.807) is 0 Å². The fourth-order valence-electron chi connectivity index (χ4n) is 2.06. The summed E-state index contributed by atoms with van der Waals surface area (Å²) in [6.45, 7) is 10.7. The molecule has 0 heterocycles. The normalized spacial score (nSPS) is 14.6. The predicted molar refractivity (Wildman–Crippen MR) is 77.5 cm³/mol. The maximum Gasteiger partial charge on any atom is 0.237 e. The number of nitrogens with one attached hydrogen (secondary N) is 1. The number of hydrogen-bond acceptors (Lipinski definition) is 3. The standard InChI is InChI=1S/C14H31N3O/c1-5-7-10-17(11-9-15)13(4)14(18)16-12(3)8-6-2/h12-13H,5-11,15H2,1-4H3,(H,16,18). The average Bonchev–Trinajstić information content (AvgIpc) is 2.33. The number of nitrogens with two attached hydrogens (primary N) is 1. The van der Waals surface area contributed by atoms with Gasteiger partial charge in [-0.05, 0) is 33.2 Å². The summed E-state index contributed by atoms with van der Waals surface area (Å²) in [6.07, 6.45) is 4.38. The van der Waals surface area contributed by atoms with E-state index in [9.17, 15) is 4.79 Å². The smallest absolute Gasteiger partial charge is 0.237 e. The first-order chi connectivity index (χ1) is 8.56. The molecule has 0 spiro atoms. The lowest BCUT2D eigenvalue weighted by atomic mass is 10.1. The monoisotopic (exact) mass is 257 g/mol. The van der Waals surface area contributed by atoms with Crippen molar-refractivity contribution in [2.24, 2.45) is 5.73 Å². The van der Waals surface area contributed by atoms with E-state index >= 15 is 0 Å². The molecule has 0 aliphatic heterocycles. The highest BCUT2D eigenvalue weighted by molar-refractivity contribution is 5.81. The van der Waals surface area contributed by atoms with Gasteiger partial charge >= 0.3 is 0 Å². The quantitative estimate of drug-likeness (QED) is 0.627. The van der Waals surface area contributed by atoms with E-state index in [1.165, 1.54) is 0 Å². The van der Waals surface area contributed by atoms with Crippen molar-refractivity contribution in [1.29, 1.82) is 0 Å². The fraction of sp³-hybridized carbons (Fsp3) is 0.929. The molecular formula is C14H31N3O. The van der Waals surface area contributed by atoms with Gasteiger partial charge in [-0.3, -0.25) is 9.69 Å². The second kappa shape index (κ2) is 10.3. The van der Waals surface area contributed by atoms with Crippen LogP contribution in [0.25, 0.3) is 0 Å². The first-order valence-corrected chi connectivity index (χ1v) is 7.31. The van der Waals surface area contributed by atoms with E-state index in [2.05, 4.69) is 31.0 Å². The Bertz CT molecular complexity index is 221. The molecule has 2 atom stereocenters. The van der Waals surface area contributed by atoms with Crippen LogP contribution in [-0.4, -0.2) is 42.5 Å². The molecule has 4 nitrogen and oxygen atoms in total. The van der Waals surface area contributed by atoms with E-state index in [0.29, 0.717) is 6.54 Å². The largest absolute Gasteiger partial charge is 0.352 e. The molecule has 0 saturated heterocycles. The first-order valence-electron chi connectivity index (χ1n) is 7.31. The number of nitrogens with zero attached hydrogens (tertiary/aromatic N) is 1. The zero-order valence-electron chi connectivity index (χ0n) is 12.5. The molecule has 0 saturated carbocycles. The van der Waals surface area contributed by atoms with Crippen LogP contribution in [0.3, 0.4) is 0 Å². The minimum absolute atomic E-state index is 0.0839. The van der Waals surface area contributed by atoms with Crippen LogP contribution in [0.2, 0.25) is 0 Å². The lowest BCUT2D eigenvalue weighted by Gasteiger charge is -2.28. The summed E-state index contributed by atoms with van der Waals surface area (Å²) in [7, 11) is 0. The number of unbranched alkanes of at least 4 members (excludes halogenated alkanes) is 1. The molecule has 0 rings (SSSR count). The zero-order valence-corrected chi connectivity index (χ0v) is 12.5. The van der Waals surface area contributed by atoms with Gasteiger partial charge in [0.25, 0.3) is 0 Å². The molecule has 0 aromatic rings. The molecule has 0 bridgehead atoms. The highest BCUT2D eigenvalue weighted by Gasteiger charge is 2.21. The Labute approximate surface area is 112 Å². The van der Waals surface area contributed by atoms with Crippen molar-refractivity contribution in [2.45, 2.75) is 65.5 Å². The van der Waals surface area contributed by atoms with Gasteiger partial charge in [0, 0.05) is 19.1 Å². The Morgan fingerprint density at radius 2 is 1.89 bits per heavy atom. The Hall–Kier alpha value is -0.610. The Morgan fingerprint density at radius 1 is 1.22 bits per heavy atom. The lowest BCUT2D eigenvalue weighted by Crippen LogP contribution is -2.49. The van der Waals surface area contributed by atoms with Gasteiger partial charge in [0.1, 0.15) is 0 Å². The maximum absolute atomic E-state index is 12.1. The third-order valence-electron chi connectivity index (χ3n) is 3.25. The van der Waals surface area contributed by atoms with Crippen molar-refractivity contribution in [3.63, 3.8) is 0 Å². The van der Waals surface area contributed by atoms with E-state index in [-0.39, 0.29) is 18.0 Å². The fourth-order valence-corrected chi connectivity index (χ4v) is 2.06. The van der Waals surface area contributed by atoms with E-state index in [0.717, 1.165) is 38.8 Å². The van der Waals surface area contributed by atoms with Crippen LogP contribution in [0.15, 0.2) is 0 Å². The highest BCUT2D eigenvalue weighted by Crippen LogP contribution is 2.04. The predicted octanol–water partition coefficient (Wildman–Crippen LogP) is 1.74. The van der Waals surface area contributed by atoms with Crippen LogP contribution < -0.4 is 11.1 Å². The van der Waals surface area contributed by atoms with Crippen LogP contribution >= 0.6 is 0 Å². The highest BCUT2D eigenvalue weighted by atomic mass is 16.2. The van der Waals surface area contributed by atoms with Gasteiger partial charge in [0.15, 0.2) is 0 Å². The minimum atomic E-state index is -0.0839. The van der Waals surface area contributed by atoms with E-state index < -0.39 is 0 Å². The molecule has 18 heavy (non-hydrogen) atoms. The summed E-state index contributed by atoms with van der Waals surface area (Å²) in [5.74, 6) is 0.125. The van der Waals surface area contributed by atoms with Gasteiger partial charge in [0.2, 0.25) is 5.91 Å². The number of rotatable bonds is 10. The van der Waals surface area contributed by atoms with Crippen LogP contribution in [0.4, 0.5) is 0 Å². The maximum atomic E-state index is 12.1. The van der Waals surface area contributed by atoms with E-state index in [4.69, 9.17) is 5.73 Å². The van der Waals surface area contributed by atoms with Gasteiger partial charge in [-0.25, -0.2) is 0 Å². The molecule has 0 aromatic heterocycles. The molecule has 2 unspecified atom stereocenters.